The van der Waals surface area contributed by atoms with Gasteiger partial charge in [-0.05, 0) is 43.4 Å². The zero-order chi connectivity index (χ0) is 14.7. The number of thiazole rings is 1. The van der Waals surface area contributed by atoms with Crippen molar-refractivity contribution in [1.29, 1.82) is 0 Å². The van der Waals surface area contributed by atoms with E-state index in [0.29, 0.717) is 11.5 Å². The quantitative estimate of drug-likeness (QED) is 0.830. The lowest BCUT2D eigenvalue weighted by molar-refractivity contribution is 0.219. The number of benzene rings is 1. The van der Waals surface area contributed by atoms with Gasteiger partial charge in [-0.2, -0.15) is 0 Å². The summed E-state index contributed by atoms with van der Waals surface area (Å²) in [6.07, 6.45) is 7.78. The molecule has 0 spiro atoms. The third-order valence-electron chi connectivity index (χ3n) is 4.94. The topological polar surface area (TPSA) is 24.9 Å². The second-order valence-corrected chi connectivity index (χ2v) is 7.76. The predicted molar refractivity (Wildman–Crippen MR) is 92.0 cm³/mol. The van der Waals surface area contributed by atoms with E-state index in [4.69, 9.17) is 4.98 Å². The molecule has 0 amide bonds. The Hall–Kier alpha value is -0.930. The zero-order valence-electron chi connectivity index (χ0n) is 13.2. The predicted octanol–water partition coefficient (Wildman–Crippen LogP) is 4.79. The van der Waals surface area contributed by atoms with E-state index >= 15 is 0 Å². The van der Waals surface area contributed by atoms with Crippen LogP contribution in [0.2, 0.25) is 0 Å². The summed E-state index contributed by atoms with van der Waals surface area (Å²) in [7, 11) is 0. The van der Waals surface area contributed by atoms with Crippen LogP contribution in [0.4, 0.5) is 0 Å². The lowest BCUT2D eigenvalue weighted by Crippen LogP contribution is -2.44. The lowest BCUT2D eigenvalue weighted by Gasteiger charge is -2.34. The molecule has 0 saturated heterocycles. The first-order valence-corrected chi connectivity index (χ1v) is 9.11. The summed E-state index contributed by atoms with van der Waals surface area (Å²) in [6, 6.07) is 9.07. The highest BCUT2D eigenvalue weighted by molar-refractivity contribution is 7.18. The second-order valence-electron chi connectivity index (χ2n) is 6.65. The minimum atomic E-state index is 0.451. The van der Waals surface area contributed by atoms with Crippen LogP contribution < -0.4 is 5.32 Å². The molecule has 0 aliphatic heterocycles. The van der Waals surface area contributed by atoms with E-state index in [1.54, 1.807) is 0 Å². The lowest BCUT2D eigenvalue weighted by atomic mass is 9.79. The smallest absolute Gasteiger partial charge is 0.0954 e. The summed E-state index contributed by atoms with van der Waals surface area (Å²) in [5.41, 5.74) is 1.61. The highest BCUT2D eigenvalue weighted by Crippen LogP contribution is 2.42. The van der Waals surface area contributed by atoms with Gasteiger partial charge >= 0.3 is 0 Å². The molecule has 1 atom stereocenters. The summed E-state index contributed by atoms with van der Waals surface area (Å²) in [5.74, 6) is 0. The van der Waals surface area contributed by atoms with Crippen molar-refractivity contribution in [2.24, 2.45) is 5.41 Å². The van der Waals surface area contributed by atoms with Crippen LogP contribution in [0.5, 0.6) is 0 Å². The number of nitrogens with zero attached hydrogens (tertiary/aromatic N) is 1. The van der Waals surface area contributed by atoms with Gasteiger partial charge in [0.2, 0.25) is 0 Å². The van der Waals surface area contributed by atoms with Gasteiger partial charge in [-0.3, -0.25) is 0 Å². The van der Waals surface area contributed by atoms with E-state index in [-0.39, 0.29) is 0 Å². The molecule has 0 bridgehead atoms. The Bertz CT molecular complexity index is 551. The molecule has 1 aliphatic carbocycles. The van der Waals surface area contributed by atoms with Crippen molar-refractivity contribution in [2.45, 2.75) is 58.4 Å². The van der Waals surface area contributed by atoms with Gasteiger partial charge in [0.15, 0.2) is 0 Å². The van der Waals surface area contributed by atoms with Crippen molar-refractivity contribution >= 4 is 21.6 Å². The summed E-state index contributed by atoms with van der Waals surface area (Å²) >= 11 is 1.87. The van der Waals surface area contributed by atoms with Crippen molar-refractivity contribution in [3.63, 3.8) is 0 Å². The van der Waals surface area contributed by atoms with Crippen molar-refractivity contribution in [3.8, 4) is 0 Å². The van der Waals surface area contributed by atoms with Gasteiger partial charge in [-0.1, -0.05) is 38.8 Å². The van der Waals surface area contributed by atoms with E-state index in [2.05, 4.69) is 43.4 Å². The van der Waals surface area contributed by atoms with Crippen LogP contribution in [0, 0.1) is 5.41 Å². The molecule has 1 fully saturated rings. The summed E-state index contributed by atoms with van der Waals surface area (Å²) < 4.78 is 1.32. The molecule has 1 N–H and O–H groups in total. The van der Waals surface area contributed by atoms with E-state index < -0.39 is 0 Å². The summed E-state index contributed by atoms with van der Waals surface area (Å²) in [4.78, 5) is 4.84. The monoisotopic (exact) mass is 302 g/mol. The average Bonchev–Trinajstić information content (AvgIpc) is 3.09. The Labute approximate surface area is 132 Å². The van der Waals surface area contributed by atoms with Crippen molar-refractivity contribution < 1.29 is 0 Å². The number of aromatic nitrogens is 1. The highest BCUT2D eigenvalue weighted by Gasteiger charge is 2.37. The van der Waals surface area contributed by atoms with Gasteiger partial charge < -0.3 is 5.32 Å². The molecule has 1 heterocycles. The first kappa shape index (κ1) is 15.0. The van der Waals surface area contributed by atoms with E-state index in [0.717, 1.165) is 18.5 Å². The third kappa shape index (κ3) is 3.29. The molecule has 1 unspecified atom stereocenters. The first-order valence-electron chi connectivity index (χ1n) is 8.29. The van der Waals surface area contributed by atoms with Crippen molar-refractivity contribution in [2.75, 3.05) is 6.54 Å². The van der Waals surface area contributed by atoms with Gasteiger partial charge in [-0.25, -0.2) is 4.98 Å². The summed E-state index contributed by atoms with van der Waals surface area (Å²) in [5, 5.41) is 5.10. The Morgan fingerprint density at radius 2 is 2.05 bits per heavy atom. The molecule has 2 nitrogen and oxygen atoms in total. The molecular weight excluding hydrogens is 276 g/mol. The van der Waals surface area contributed by atoms with Gasteiger partial charge in [-0.15, -0.1) is 11.3 Å². The van der Waals surface area contributed by atoms with Gasteiger partial charge in [0.05, 0.1) is 15.2 Å². The molecule has 0 radical (unpaired) electrons. The molecule has 3 heteroatoms. The minimum Gasteiger partial charge on any atom is -0.313 e. The Morgan fingerprint density at radius 3 is 2.76 bits per heavy atom. The molecule has 1 saturated carbocycles. The minimum absolute atomic E-state index is 0.451. The number of rotatable bonds is 6. The molecule has 2 aromatic rings. The largest absolute Gasteiger partial charge is 0.313 e. The Kier molecular flexibility index (Phi) is 4.60. The first-order chi connectivity index (χ1) is 10.2. The molecule has 1 aromatic carbocycles. The molecule has 1 aliphatic rings. The normalized spacial score (nSPS) is 19.1. The highest BCUT2D eigenvalue weighted by atomic mass is 32.1. The van der Waals surface area contributed by atoms with Gasteiger partial charge in [0.1, 0.15) is 0 Å². The molecule has 3 rings (SSSR count). The van der Waals surface area contributed by atoms with Crippen LogP contribution in [0.15, 0.2) is 24.3 Å². The molecule has 114 valence electrons. The summed E-state index contributed by atoms with van der Waals surface area (Å²) in [6.45, 7) is 5.84. The Balaban J connectivity index is 1.79. The molecule has 21 heavy (non-hydrogen) atoms. The fourth-order valence-corrected chi connectivity index (χ4v) is 4.61. The van der Waals surface area contributed by atoms with Crippen LogP contribution in [-0.4, -0.2) is 17.6 Å². The Morgan fingerprint density at radius 1 is 1.29 bits per heavy atom. The maximum atomic E-state index is 4.84. The fourth-order valence-electron chi connectivity index (χ4n) is 3.60. The van der Waals surface area contributed by atoms with Crippen LogP contribution in [0.3, 0.4) is 0 Å². The number of hydrogen-bond donors (Lipinski definition) is 1. The third-order valence-corrected chi connectivity index (χ3v) is 6.00. The maximum Gasteiger partial charge on any atom is 0.0954 e. The second kappa shape index (κ2) is 6.45. The maximum absolute atomic E-state index is 4.84. The van der Waals surface area contributed by atoms with Gasteiger partial charge in [0.25, 0.3) is 0 Å². The van der Waals surface area contributed by atoms with Crippen molar-refractivity contribution in [3.05, 3.63) is 29.3 Å². The van der Waals surface area contributed by atoms with E-state index in [9.17, 15) is 0 Å². The number of para-hydroxylation sites is 1. The van der Waals surface area contributed by atoms with Gasteiger partial charge in [0, 0.05) is 12.5 Å². The zero-order valence-corrected chi connectivity index (χ0v) is 14.0. The fraction of sp³-hybridized carbons (Fsp3) is 0.611. The number of hydrogen-bond acceptors (Lipinski definition) is 3. The number of fused-ring (bicyclic) bond motifs is 1. The van der Waals surface area contributed by atoms with E-state index in [1.807, 2.05) is 11.3 Å². The van der Waals surface area contributed by atoms with Crippen molar-refractivity contribution in [1.82, 2.24) is 10.3 Å². The van der Waals surface area contributed by atoms with Crippen LogP contribution in [-0.2, 0) is 6.42 Å². The van der Waals surface area contributed by atoms with Crippen LogP contribution in [0.25, 0.3) is 10.2 Å². The molecule has 1 aromatic heterocycles. The van der Waals surface area contributed by atoms with Crippen LogP contribution >= 0.6 is 11.3 Å². The van der Waals surface area contributed by atoms with E-state index in [1.165, 1.54) is 41.8 Å². The standard InChI is InChI=1S/C18H26N2S/c1-3-12-19-16(18(2)10-6-7-11-18)13-17-20-14-8-4-5-9-15(14)21-17/h4-5,8-9,16,19H,3,6-7,10-13H2,1-2H3. The SMILES string of the molecule is CCCNC(Cc1nc2ccccc2s1)C1(C)CCCC1. The molecular formula is C18H26N2S. The number of nitrogens with one attached hydrogen (secondary N) is 1. The average molecular weight is 302 g/mol. The van der Waals surface area contributed by atoms with Crippen LogP contribution in [0.1, 0.15) is 51.0 Å².